The van der Waals surface area contributed by atoms with Crippen molar-refractivity contribution in [2.75, 3.05) is 25.0 Å². The molecule has 1 saturated heterocycles. The van der Waals surface area contributed by atoms with E-state index in [1.54, 1.807) is 17.9 Å². The number of nitrogens with zero attached hydrogens (tertiary/aromatic N) is 1. The zero-order valence-corrected chi connectivity index (χ0v) is 11.4. The smallest absolute Gasteiger partial charge is 0.319 e. The molecule has 0 aliphatic carbocycles. The highest BCUT2D eigenvalue weighted by Gasteiger charge is 2.24. The van der Waals surface area contributed by atoms with Crippen molar-refractivity contribution in [3.05, 3.63) is 30.1 Å². The third-order valence-corrected chi connectivity index (χ3v) is 3.36. The fourth-order valence-corrected chi connectivity index (χ4v) is 2.26. The number of nitrogens with one attached hydrogen (secondary N) is 2. The molecule has 0 aromatic heterocycles. The van der Waals surface area contributed by atoms with Gasteiger partial charge >= 0.3 is 6.03 Å². The number of rotatable bonds is 3. The van der Waals surface area contributed by atoms with E-state index < -0.39 is 5.82 Å². The second kappa shape index (κ2) is 6.36. The molecular formula is C14H18FN3O2. The van der Waals surface area contributed by atoms with E-state index in [4.69, 9.17) is 0 Å². The molecule has 2 rings (SSSR count). The van der Waals surface area contributed by atoms with Gasteiger partial charge in [-0.25, -0.2) is 9.18 Å². The first kappa shape index (κ1) is 14.3. The molecule has 0 bridgehead atoms. The van der Waals surface area contributed by atoms with Crippen LogP contribution in [0.2, 0.25) is 0 Å². The van der Waals surface area contributed by atoms with Crippen LogP contribution in [0.15, 0.2) is 24.3 Å². The zero-order valence-electron chi connectivity index (χ0n) is 11.4. The van der Waals surface area contributed by atoms with Gasteiger partial charge in [0.25, 0.3) is 0 Å². The fourth-order valence-electron chi connectivity index (χ4n) is 2.26. The van der Waals surface area contributed by atoms with Gasteiger partial charge in [-0.2, -0.15) is 0 Å². The number of benzene rings is 1. The Balaban J connectivity index is 1.75. The summed E-state index contributed by atoms with van der Waals surface area (Å²) in [5.41, 5.74) is 0.416. The molecule has 0 radical (unpaired) electrons. The second-order valence-electron chi connectivity index (χ2n) is 4.97. The molecule has 1 heterocycles. The van der Waals surface area contributed by atoms with Crippen LogP contribution in [0.25, 0.3) is 0 Å². The van der Waals surface area contributed by atoms with E-state index in [1.165, 1.54) is 18.2 Å². The number of carbonyl (C=O) groups is 2. The number of carbonyl (C=O) groups excluding carboxylic acids is 2. The van der Waals surface area contributed by atoms with Crippen LogP contribution in [0.4, 0.5) is 14.9 Å². The lowest BCUT2D eigenvalue weighted by Crippen LogP contribution is -2.34. The van der Waals surface area contributed by atoms with E-state index in [2.05, 4.69) is 10.6 Å². The number of hydrogen-bond acceptors (Lipinski definition) is 2. The van der Waals surface area contributed by atoms with Gasteiger partial charge in [0.05, 0.1) is 0 Å². The van der Waals surface area contributed by atoms with E-state index in [0.29, 0.717) is 18.8 Å². The number of urea groups is 1. The number of amides is 3. The maximum Gasteiger partial charge on any atom is 0.319 e. The molecule has 1 aromatic rings. The molecule has 3 amide bonds. The predicted molar refractivity (Wildman–Crippen MR) is 73.8 cm³/mol. The van der Waals surface area contributed by atoms with Crippen LogP contribution in [0.5, 0.6) is 0 Å². The molecule has 6 heteroatoms. The molecule has 5 nitrogen and oxygen atoms in total. The van der Waals surface area contributed by atoms with Crippen LogP contribution in [-0.2, 0) is 4.79 Å². The summed E-state index contributed by atoms with van der Waals surface area (Å²) in [4.78, 5) is 24.6. The van der Waals surface area contributed by atoms with Gasteiger partial charge in [-0.15, -0.1) is 0 Å². The number of likely N-dealkylation sites (tertiary alicyclic amines) is 1. The highest BCUT2D eigenvalue weighted by atomic mass is 19.1. The van der Waals surface area contributed by atoms with Gasteiger partial charge in [-0.1, -0.05) is 6.07 Å². The fraction of sp³-hybridized carbons (Fsp3) is 0.429. The summed E-state index contributed by atoms with van der Waals surface area (Å²) >= 11 is 0. The minimum absolute atomic E-state index is 0.0664. The average Bonchev–Trinajstić information content (AvgIpc) is 2.85. The monoisotopic (exact) mass is 279 g/mol. The molecule has 0 saturated carbocycles. The van der Waals surface area contributed by atoms with Gasteiger partial charge in [-0.3, -0.25) is 4.79 Å². The SMILES string of the molecule is CC(=O)N1CCC(CNC(=O)Nc2cccc(F)c2)C1. The summed E-state index contributed by atoms with van der Waals surface area (Å²) in [5, 5.41) is 5.31. The van der Waals surface area contributed by atoms with Crippen LogP contribution < -0.4 is 10.6 Å². The Kier molecular flexibility index (Phi) is 4.55. The van der Waals surface area contributed by atoms with Crippen LogP contribution in [0, 0.1) is 11.7 Å². The molecule has 1 atom stereocenters. The first-order valence-electron chi connectivity index (χ1n) is 6.60. The lowest BCUT2D eigenvalue weighted by Gasteiger charge is -2.14. The molecular weight excluding hydrogens is 261 g/mol. The van der Waals surface area contributed by atoms with E-state index in [0.717, 1.165) is 13.0 Å². The van der Waals surface area contributed by atoms with Crippen molar-refractivity contribution < 1.29 is 14.0 Å². The van der Waals surface area contributed by atoms with E-state index in [9.17, 15) is 14.0 Å². The van der Waals surface area contributed by atoms with Crippen LogP contribution in [-0.4, -0.2) is 36.5 Å². The van der Waals surface area contributed by atoms with Gasteiger partial charge in [-0.05, 0) is 30.5 Å². The van der Waals surface area contributed by atoms with Crippen molar-refractivity contribution in [2.45, 2.75) is 13.3 Å². The quantitative estimate of drug-likeness (QED) is 0.886. The Hall–Kier alpha value is -2.11. The van der Waals surface area contributed by atoms with Crippen LogP contribution >= 0.6 is 0 Å². The maximum atomic E-state index is 13.0. The Bertz CT molecular complexity index is 507. The van der Waals surface area contributed by atoms with Gasteiger partial charge < -0.3 is 15.5 Å². The summed E-state index contributed by atoms with van der Waals surface area (Å²) in [5.74, 6) is -0.0513. The number of halogens is 1. The number of hydrogen-bond donors (Lipinski definition) is 2. The lowest BCUT2D eigenvalue weighted by atomic mass is 10.1. The lowest BCUT2D eigenvalue weighted by molar-refractivity contribution is -0.127. The van der Waals surface area contributed by atoms with Gasteiger partial charge in [0.1, 0.15) is 5.82 Å². The summed E-state index contributed by atoms with van der Waals surface area (Å²) in [6.07, 6.45) is 0.889. The van der Waals surface area contributed by atoms with Crippen molar-refractivity contribution in [3.8, 4) is 0 Å². The van der Waals surface area contributed by atoms with Crippen molar-refractivity contribution in [2.24, 2.45) is 5.92 Å². The molecule has 1 aliphatic rings. The third-order valence-electron chi connectivity index (χ3n) is 3.36. The first-order valence-corrected chi connectivity index (χ1v) is 6.60. The predicted octanol–water partition coefficient (Wildman–Crippen LogP) is 1.82. The summed E-state index contributed by atoms with van der Waals surface area (Å²) in [6, 6.07) is 5.37. The maximum absolute atomic E-state index is 13.0. The molecule has 1 unspecified atom stereocenters. The van der Waals surface area contributed by atoms with E-state index in [1.807, 2.05) is 0 Å². The Morgan fingerprint density at radius 1 is 1.45 bits per heavy atom. The second-order valence-corrected chi connectivity index (χ2v) is 4.97. The van der Waals surface area contributed by atoms with Gasteiger partial charge in [0.2, 0.25) is 5.91 Å². The highest BCUT2D eigenvalue weighted by Crippen LogP contribution is 2.15. The largest absolute Gasteiger partial charge is 0.343 e. The summed E-state index contributed by atoms with van der Waals surface area (Å²) < 4.78 is 13.0. The van der Waals surface area contributed by atoms with Crippen molar-refractivity contribution in [1.29, 1.82) is 0 Å². The Morgan fingerprint density at radius 3 is 2.90 bits per heavy atom. The van der Waals surface area contributed by atoms with Crippen LogP contribution in [0.1, 0.15) is 13.3 Å². The van der Waals surface area contributed by atoms with Gasteiger partial charge in [0.15, 0.2) is 0 Å². The van der Waals surface area contributed by atoms with E-state index >= 15 is 0 Å². The highest BCUT2D eigenvalue weighted by molar-refractivity contribution is 5.89. The molecule has 1 fully saturated rings. The summed E-state index contributed by atoms with van der Waals surface area (Å²) in [7, 11) is 0. The van der Waals surface area contributed by atoms with Crippen molar-refractivity contribution >= 4 is 17.6 Å². The topological polar surface area (TPSA) is 61.4 Å². The average molecular weight is 279 g/mol. The van der Waals surface area contributed by atoms with E-state index in [-0.39, 0.29) is 17.9 Å². The van der Waals surface area contributed by atoms with Crippen molar-refractivity contribution in [3.63, 3.8) is 0 Å². The first-order chi connectivity index (χ1) is 9.54. The zero-order chi connectivity index (χ0) is 14.5. The van der Waals surface area contributed by atoms with Crippen LogP contribution in [0.3, 0.4) is 0 Å². The number of anilines is 1. The molecule has 20 heavy (non-hydrogen) atoms. The van der Waals surface area contributed by atoms with Gasteiger partial charge in [0, 0.05) is 32.2 Å². The molecule has 1 aliphatic heterocycles. The minimum Gasteiger partial charge on any atom is -0.343 e. The summed E-state index contributed by atoms with van der Waals surface area (Å²) in [6.45, 7) is 3.47. The Morgan fingerprint density at radius 2 is 2.25 bits per heavy atom. The van der Waals surface area contributed by atoms with Crippen molar-refractivity contribution in [1.82, 2.24) is 10.2 Å². The third kappa shape index (κ3) is 3.94. The standard InChI is InChI=1S/C14H18FN3O2/c1-10(19)18-6-5-11(9-18)8-16-14(20)17-13-4-2-3-12(15)7-13/h2-4,7,11H,5-6,8-9H2,1H3,(H2,16,17,20). The molecule has 1 aromatic carbocycles. The Labute approximate surface area is 117 Å². The normalized spacial score (nSPS) is 17.9. The molecule has 2 N–H and O–H groups in total. The molecule has 0 spiro atoms. The minimum atomic E-state index is -0.393. The molecule has 108 valence electrons.